The van der Waals surface area contributed by atoms with Crippen LogP contribution in [0, 0.1) is 0 Å². The fourth-order valence-corrected chi connectivity index (χ4v) is 5.12. The minimum atomic E-state index is -3.81. The molecule has 9 heteroatoms. The third-order valence-corrected chi connectivity index (χ3v) is 6.48. The molecule has 3 rings (SSSR count). The number of hydrogen-bond acceptors (Lipinski definition) is 6. The molecule has 1 amide bonds. The van der Waals surface area contributed by atoms with Crippen molar-refractivity contribution in [1.82, 2.24) is 4.98 Å². The lowest BCUT2D eigenvalue weighted by molar-refractivity contribution is -0.114. The van der Waals surface area contributed by atoms with Gasteiger partial charge in [0.1, 0.15) is 5.75 Å². The molecule has 1 aliphatic rings. The Kier molecular flexibility index (Phi) is 5.47. The minimum Gasteiger partial charge on any atom is -0.492 e. The fraction of sp³-hybridized carbons (Fsp3) is 0.412. The van der Waals surface area contributed by atoms with E-state index in [0.717, 1.165) is 36.3 Å². The van der Waals surface area contributed by atoms with Crippen molar-refractivity contribution in [2.24, 2.45) is 0 Å². The standard InChI is InChI=1S/C17H21N3O4S2/c1-3-24-15-9-8-12(10-14(15)18-11(2)21)26(22,23)20-17-19-13-6-4-5-7-16(13)25-17/h8-10H,3-7H2,1-2H3,(H,18,21)(H,19,20). The SMILES string of the molecule is CCOc1ccc(S(=O)(=O)Nc2nc3c(s2)CCCC3)cc1NC(C)=O. The number of carbonyl (C=O) groups excluding carboxylic acids is 1. The van der Waals surface area contributed by atoms with Crippen LogP contribution in [0.25, 0.3) is 0 Å². The average molecular weight is 396 g/mol. The van der Waals surface area contributed by atoms with Crippen molar-refractivity contribution in [2.75, 3.05) is 16.6 Å². The molecule has 26 heavy (non-hydrogen) atoms. The maximum absolute atomic E-state index is 12.7. The molecule has 2 N–H and O–H groups in total. The Morgan fingerprint density at radius 2 is 2.08 bits per heavy atom. The summed E-state index contributed by atoms with van der Waals surface area (Å²) >= 11 is 1.39. The number of carbonyl (C=O) groups is 1. The number of nitrogens with zero attached hydrogens (tertiary/aromatic N) is 1. The number of amides is 1. The Labute approximate surface area is 156 Å². The summed E-state index contributed by atoms with van der Waals surface area (Å²) < 4.78 is 33.4. The third-order valence-electron chi connectivity index (χ3n) is 3.94. The summed E-state index contributed by atoms with van der Waals surface area (Å²) in [5, 5.41) is 2.99. The van der Waals surface area contributed by atoms with E-state index in [-0.39, 0.29) is 10.8 Å². The molecule has 1 aromatic carbocycles. The van der Waals surface area contributed by atoms with Crippen LogP contribution >= 0.6 is 11.3 Å². The van der Waals surface area contributed by atoms with Crippen LogP contribution in [-0.4, -0.2) is 25.9 Å². The van der Waals surface area contributed by atoms with Gasteiger partial charge in [-0.05, 0) is 50.8 Å². The van der Waals surface area contributed by atoms with E-state index in [1.807, 2.05) is 6.92 Å². The first-order valence-corrected chi connectivity index (χ1v) is 10.7. The number of nitrogens with one attached hydrogen (secondary N) is 2. The molecule has 0 saturated heterocycles. The van der Waals surface area contributed by atoms with E-state index in [4.69, 9.17) is 4.74 Å². The van der Waals surface area contributed by atoms with Crippen molar-refractivity contribution in [3.63, 3.8) is 0 Å². The van der Waals surface area contributed by atoms with E-state index in [1.165, 1.54) is 36.5 Å². The number of hydrogen-bond donors (Lipinski definition) is 2. The van der Waals surface area contributed by atoms with Gasteiger partial charge in [-0.15, -0.1) is 11.3 Å². The Morgan fingerprint density at radius 1 is 1.31 bits per heavy atom. The number of benzene rings is 1. The normalized spacial score (nSPS) is 13.8. The molecule has 1 aromatic heterocycles. The quantitative estimate of drug-likeness (QED) is 0.783. The molecule has 0 fully saturated rings. The van der Waals surface area contributed by atoms with Crippen LogP contribution in [0.15, 0.2) is 23.1 Å². The number of ether oxygens (including phenoxy) is 1. The van der Waals surface area contributed by atoms with Crippen LogP contribution in [0.5, 0.6) is 5.75 Å². The fourth-order valence-electron chi connectivity index (χ4n) is 2.81. The second-order valence-electron chi connectivity index (χ2n) is 5.97. The van der Waals surface area contributed by atoms with Gasteiger partial charge in [0.25, 0.3) is 10.0 Å². The molecule has 0 radical (unpaired) electrons. The van der Waals surface area contributed by atoms with Crippen LogP contribution in [0.4, 0.5) is 10.8 Å². The summed E-state index contributed by atoms with van der Waals surface area (Å²) in [6, 6.07) is 4.38. The van der Waals surface area contributed by atoms with E-state index < -0.39 is 10.0 Å². The van der Waals surface area contributed by atoms with E-state index in [9.17, 15) is 13.2 Å². The van der Waals surface area contributed by atoms with Gasteiger partial charge in [0.2, 0.25) is 5.91 Å². The first kappa shape index (κ1) is 18.7. The summed E-state index contributed by atoms with van der Waals surface area (Å²) in [5.74, 6) is 0.118. The maximum Gasteiger partial charge on any atom is 0.263 e. The molecule has 0 saturated carbocycles. The topological polar surface area (TPSA) is 97.4 Å². The lowest BCUT2D eigenvalue weighted by Gasteiger charge is -2.13. The lowest BCUT2D eigenvalue weighted by atomic mass is 10.0. The number of thiazole rings is 1. The molecule has 0 unspecified atom stereocenters. The first-order chi connectivity index (χ1) is 12.4. The lowest BCUT2D eigenvalue weighted by Crippen LogP contribution is -2.14. The zero-order valence-electron chi connectivity index (χ0n) is 14.7. The van der Waals surface area contributed by atoms with Crippen molar-refractivity contribution >= 4 is 38.1 Å². The number of aryl methyl sites for hydroxylation is 2. The summed E-state index contributed by atoms with van der Waals surface area (Å²) in [6.07, 6.45) is 4.04. The highest BCUT2D eigenvalue weighted by Crippen LogP contribution is 2.32. The molecule has 1 aliphatic carbocycles. The van der Waals surface area contributed by atoms with Crippen LogP contribution < -0.4 is 14.8 Å². The van der Waals surface area contributed by atoms with Gasteiger partial charge in [-0.1, -0.05) is 0 Å². The molecule has 2 aromatic rings. The van der Waals surface area contributed by atoms with Crippen molar-refractivity contribution < 1.29 is 17.9 Å². The van der Waals surface area contributed by atoms with Crippen molar-refractivity contribution in [1.29, 1.82) is 0 Å². The van der Waals surface area contributed by atoms with Crippen LogP contribution in [0.3, 0.4) is 0 Å². The number of rotatable bonds is 6. The van der Waals surface area contributed by atoms with Crippen LogP contribution in [0.2, 0.25) is 0 Å². The van der Waals surface area contributed by atoms with E-state index in [0.29, 0.717) is 23.2 Å². The van der Waals surface area contributed by atoms with Crippen molar-refractivity contribution in [3.8, 4) is 5.75 Å². The zero-order valence-corrected chi connectivity index (χ0v) is 16.3. The Morgan fingerprint density at radius 3 is 2.77 bits per heavy atom. The third kappa shape index (κ3) is 4.16. The smallest absolute Gasteiger partial charge is 0.263 e. The van der Waals surface area contributed by atoms with Gasteiger partial charge in [0, 0.05) is 11.8 Å². The van der Waals surface area contributed by atoms with E-state index >= 15 is 0 Å². The largest absolute Gasteiger partial charge is 0.492 e. The van der Waals surface area contributed by atoms with Crippen LogP contribution in [-0.2, 0) is 27.7 Å². The summed E-state index contributed by atoms with van der Waals surface area (Å²) in [6.45, 7) is 3.57. The highest BCUT2D eigenvalue weighted by atomic mass is 32.2. The predicted octanol–water partition coefficient (Wildman–Crippen LogP) is 3.18. The average Bonchev–Trinajstić information content (AvgIpc) is 2.97. The van der Waals surface area contributed by atoms with Gasteiger partial charge < -0.3 is 10.1 Å². The highest BCUT2D eigenvalue weighted by molar-refractivity contribution is 7.93. The second kappa shape index (κ2) is 7.63. The van der Waals surface area contributed by atoms with Gasteiger partial charge in [-0.2, -0.15) is 0 Å². The Balaban J connectivity index is 1.88. The maximum atomic E-state index is 12.7. The number of sulfonamides is 1. The van der Waals surface area contributed by atoms with E-state index in [2.05, 4.69) is 15.0 Å². The number of fused-ring (bicyclic) bond motifs is 1. The minimum absolute atomic E-state index is 0.0397. The second-order valence-corrected chi connectivity index (χ2v) is 8.74. The molecule has 0 spiro atoms. The zero-order chi connectivity index (χ0) is 18.7. The molecule has 7 nitrogen and oxygen atoms in total. The predicted molar refractivity (Wildman–Crippen MR) is 101 cm³/mol. The Bertz CT molecular complexity index is 899. The van der Waals surface area contributed by atoms with Crippen LogP contribution in [0.1, 0.15) is 37.3 Å². The summed E-state index contributed by atoms with van der Waals surface area (Å²) in [4.78, 5) is 17.0. The first-order valence-electron chi connectivity index (χ1n) is 8.45. The molecule has 0 bridgehead atoms. The van der Waals surface area contributed by atoms with Gasteiger partial charge in [0.05, 0.1) is 22.9 Å². The van der Waals surface area contributed by atoms with Gasteiger partial charge in [-0.25, -0.2) is 13.4 Å². The van der Waals surface area contributed by atoms with Gasteiger partial charge in [0.15, 0.2) is 5.13 Å². The number of aromatic nitrogens is 1. The van der Waals surface area contributed by atoms with E-state index in [1.54, 1.807) is 0 Å². The number of anilines is 2. The summed E-state index contributed by atoms with van der Waals surface area (Å²) in [5.41, 5.74) is 1.31. The molecular formula is C17H21N3O4S2. The van der Waals surface area contributed by atoms with Gasteiger partial charge in [-0.3, -0.25) is 9.52 Å². The molecule has 140 valence electrons. The molecular weight excluding hydrogens is 374 g/mol. The highest BCUT2D eigenvalue weighted by Gasteiger charge is 2.21. The van der Waals surface area contributed by atoms with Gasteiger partial charge >= 0.3 is 0 Å². The molecule has 0 aliphatic heterocycles. The van der Waals surface area contributed by atoms with Crippen molar-refractivity contribution in [3.05, 3.63) is 28.8 Å². The Hall–Kier alpha value is -2.13. The van der Waals surface area contributed by atoms with Crippen molar-refractivity contribution in [2.45, 2.75) is 44.4 Å². The molecule has 0 atom stereocenters. The monoisotopic (exact) mass is 395 g/mol. The summed E-state index contributed by atoms with van der Waals surface area (Å²) in [7, 11) is -3.81. The molecule has 1 heterocycles.